The van der Waals surface area contributed by atoms with E-state index < -0.39 is 0 Å². The Hall–Kier alpha value is -4.82. The standard InChI is InChI=1S/C34H19NO/c1-2-8-24-20(6-1)12-13-21-14-16-23(18-27(21)24)35-28-10-5-7-22-15-17-26-33-25-9-3-4-11-30(25)36-31(33)19-29(35)34(26)32(22)28/h1-19H. The molecule has 9 aromatic rings. The Balaban J connectivity index is 1.49. The van der Waals surface area contributed by atoms with Crippen molar-refractivity contribution in [1.82, 2.24) is 4.57 Å². The number of para-hydroxylation sites is 1. The molecular weight excluding hydrogens is 438 g/mol. The van der Waals surface area contributed by atoms with Crippen LogP contribution in [0.1, 0.15) is 0 Å². The minimum absolute atomic E-state index is 0.932. The van der Waals surface area contributed by atoms with Crippen LogP contribution >= 0.6 is 0 Å². The molecule has 0 unspecified atom stereocenters. The molecule has 0 N–H and O–H groups in total. The van der Waals surface area contributed by atoms with Gasteiger partial charge in [0.1, 0.15) is 11.2 Å². The topological polar surface area (TPSA) is 18.1 Å². The SMILES string of the molecule is c1ccc2c(c1)ccc1ccc(-n3c4cccc5ccc6c7c(cc3c6c54)oc3ccccc37)cc12. The van der Waals surface area contributed by atoms with Gasteiger partial charge in [-0.2, -0.15) is 0 Å². The largest absolute Gasteiger partial charge is 0.456 e. The summed E-state index contributed by atoms with van der Waals surface area (Å²) in [4.78, 5) is 0. The van der Waals surface area contributed by atoms with Crippen molar-refractivity contribution in [3.63, 3.8) is 0 Å². The van der Waals surface area contributed by atoms with E-state index in [1.165, 1.54) is 70.6 Å². The first kappa shape index (κ1) is 18.5. The highest BCUT2D eigenvalue weighted by Gasteiger charge is 2.21. The molecule has 0 aliphatic heterocycles. The van der Waals surface area contributed by atoms with Gasteiger partial charge >= 0.3 is 0 Å². The summed E-state index contributed by atoms with van der Waals surface area (Å²) >= 11 is 0. The summed E-state index contributed by atoms with van der Waals surface area (Å²) in [5, 5.41) is 12.6. The summed E-state index contributed by atoms with van der Waals surface area (Å²) in [7, 11) is 0. The van der Waals surface area contributed by atoms with Crippen LogP contribution in [-0.2, 0) is 0 Å². The van der Waals surface area contributed by atoms with E-state index in [2.05, 4.69) is 114 Å². The molecule has 0 aliphatic rings. The van der Waals surface area contributed by atoms with Gasteiger partial charge in [0.15, 0.2) is 0 Å². The Bertz CT molecular complexity index is 2310. The number of hydrogen-bond acceptors (Lipinski definition) is 1. The monoisotopic (exact) mass is 457 g/mol. The number of rotatable bonds is 1. The Morgan fingerprint density at radius 2 is 1.17 bits per heavy atom. The van der Waals surface area contributed by atoms with Gasteiger partial charge in [-0.25, -0.2) is 0 Å². The third-order valence-corrected chi connectivity index (χ3v) is 7.91. The molecule has 2 heterocycles. The summed E-state index contributed by atoms with van der Waals surface area (Å²) < 4.78 is 8.81. The maximum absolute atomic E-state index is 6.39. The van der Waals surface area contributed by atoms with Crippen molar-refractivity contribution in [2.24, 2.45) is 0 Å². The van der Waals surface area contributed by atoms with Crippen molar-refractivity contribution in [1.29, 1.82) is 0 Å². The highest BCUT2D eigenvalue weighted by atomic mass is 16.3. The second kappa shape index (κ2) is 6.44. The number of furan rings is 1. The first-order valence-electron chi connectivity index (χ1n) is 12.4. The smallest absolute Gasteiger partial charge is 0.138 e. The van der Waals surface area contributed by atoms with Crippen molar-refractivity contribution < 1.29 is 4.42 Å². The molecule has 36 heavy (non-hydrogen) atoms. The van der Waals surface area contributed by atoms with Crippen LogP contribution < -0.4 is 0 Å². The molecule has 0 spiro atoms. The van der Waals surface area contributed by atoms with Gasteiger partial charge in [0.05, 0.1) is 11.0 Å². The van der Waals surface area contributed by atoms with Crippen molar-refractivity contribution in [2.75, 3.05) is 0 Å². The van der Waals surface area contributed by atoms with Crippen LogP contribution in [0.25, 0.3) is 81.7 Å². The Kier molecular flexibility index (Phi) is 3.31. The lowest BCUT2D eigenvalue weighted by Gasteiger charge is -2.11. The maximum Gasteiger partial charge on any atom is 0.138 e. The second-order valence-corrected chi connectivity index (χ2v) is 9.76. The third kappa shape index (κ3) is 2.22. The number of benzene rings is 7. The summed E-state index contributed by atoms with van der Waals surface area (Å²) in [6.45, 7) is 0. The molecule has 9 rings (SSSR count). The molecule has 0 saturated carbocycles. The van der Waals surface area contributed by atoms with E-state index in [1.807, 2.05) is 6.07 Å². The van der Waals surface area contributed by atoms with Gasteiger partial charge in [-0.15, -0.1) is 0 Å². The van der Waals surface area contributed by atoms with Crippen molar-refractivity contribution in [3.8, 4) is 5.69 Å². The Morgan fingerprint density at radius 1 is 0.417 bits per heavy atom. The normalized spacial score (nSPS) is 12.4. The van der Waals surface area contributed by atoms with Gasteiger partial charge in [0, 0.05) is 33.3 Å². The fourth-order valence-corrected chi connectivity index (χ4v) is 6.37. The fourth-order valence-electron chi connectivity index (χ4n) is 6.37. The fraction of sp³-hybridized carbons (Fsp3) is 0. The molecule has 2 heteroatoms. The van der Waals surface area contributed by atoms with Crippen molar-refractivity contribution in [2.45, 2.75) is 0 Å². The predicted molar refractivity (Wildman–Crippen MR) is 152 cm³/mol. The summed E-state index contributed by atoms with van der Waals surface area (Å²) in [6, 6.07) is 41.7. The number of fused-ring (bicyclic) bond motifs is 7. The van der Waals surface area contributed by atoms with E-state index in [9.17, 15) is 0 Å². The van der Waals surface area contributed by atoms with Gasteiger partial charge in [0.25, 0.3) is 0 Å². The van der Waals surface area contributed by atoms with Crippen LogP contribution in [0, 0.1) is 0 Å². The van der Waals surface area contributed by atoms with E-state index in [0.29, 0.717) is 0 Å². The van der Waals surface area contributed by atoms with Gasteiger partial charge in [-0.3, -0.25) is 0 Å². The van der Waals surface area contributed by atoms with E-state index in [0.717, 1.165) is 11.2 Å². The van der Waals surface area contributed by atoms with E-state index >= 15 is 0 Å². The van der Waals surface area contributed by atoms with Crippen LogP contribution in [-0.4, -0.2) is 4.57 Å². The molecule has 2 nitrogen and oxygen atoms in total. The Labute approximate surface area is 205 Å². The van der Waals surface area contributed by atoms with Gasteiger partial charge < -0.3 is 8.98 Å². The van der Waals surface area contributed by atoms with Crippen LogP contribution in [0.4, 0.5) is 0 Å². The third-order valence-electron chi connectivity index (χ3n) is 7.91. The zero-order valence-corrected chi connectivity index (χ0v) is 19.3. The Morgan fingerprint density at radius 3 is 2.11 bits per heavy atom. The highest BCUT2D eigenvalue weighted by Crippen LogP contribution is 2.44. The zero-order valence-electron chi connectivity index (χ0n) is 19.3. The molecule has 0 atom stereocenters. The van der Waals surface area contributed by atoms with Crippen LogP contribution in [0.2, 0.25) is 0 Å². The predicted octanol–water partition coefficient (Wildman–Crippen LogP) is 9.58. The number of aromatic nitrogens is 1. The molecule has 0 fully saturated rings. The maximum atomic E-state index is 6.39. The van der Waals surface area contributed by atoms with E-state index in [4.69, 9.17) is 4.42 Å². The molecule has 166 valence electrons. The summed E-state index contributed by atoms with van der Waals surface area (Å²) in [5.41, 5.74) is 5.44. The van der Waals surface area contributed by atoms with Crippen molar-refractivity contribution >= 4 is 76.1 Å². The first-order valence-corrected chi connectivity index (χ1v) is 12.4. The highest BCUT2D eigenvalue weighted by molar-refractivity contribution is 6.32. The molecule has 0 aliphatic carbocycles. The summed E-state index contributed by atoms with van der Waals surface area (Å²) in [5.74, 6) is 0. The number of hydrogen-bond donors (Lipinski definition) is 0. The average molecular weight is 458 g/mol. The summed E-state index contributed by atoms with van der Waals surface area (Å²) in [6.07, 6.45) is 0. The van der Waals surface area contributed by atoms with E-state index in [-0.39, 0.29) is 0 Å². The minimum Gasteiger partial charge on any atom is -0.456 e. The zero-order chi connectivity index (χ0) is 23.4. The molecule has 0 radical (unpaired) electrons. The molecule has 0 amide bonds. The van der Waals surface area contributed by atoms with Gasteiger partial charge in [-0.1, -0.05) is 84.9 Å². The number of nitrogens with zero attached hydrogens (tertiary/aromatic N) is 1. The van der Waals surface area contributed by atoms with Gasteiger partial charge in [-0.05, 0) is 56.6 Å². The quantitative estimate of drug-likeness (QED) is 0.224. The molecule has 7 aromatic carbocycles. The lowest BCUT2D eigenvalue weighted by atomic mass is 9.98. The minimum atomic E-state index is 0.932. The van der Waals surface area contributed by atoms with Crippen LogP contribution in [0.3, 0.4) is 0 Å². The molecule has 0 saturated heterocycles. The second-order valence-electron chi connectivity index (χ2n) is 9.76. The molecular formula is C34H19NO. The van der Waals surface area contributed by atoms with Crippen LogP contribution in [0.15, 0.2) is 120 Å². The molecule has 0 bridgehead atoms. The molecule has 2 aromatic heterocycles. The average Bonchev–Trinajstić information content (AvgIpc) is 3.47. The first-order chi connectivity index (χ1) is 17.8. The van der Waals surface area contributed by atoms with E-state index in [1.54, 1.807) is 0 Å². The van der Waals surface area contributed by atoms with Crippen molar-refractivity contribution in [3.05, 3.63) is 115 Å². The van der Waals surface area contributed by atoms with Gasteiger partial charge in [0.2, 0.25) is 0 Å². The van der Waals surface area contributed by atoms with Crippen LogP contribution in [0.5, 0.6) is 0 Å². The lowest BCUT2D eigenvalue weighted by molar-refractivity contribution is 0.669. The lowest BCUT2D eigenvalue weighted by Crippen LogP contribution is -1.94.